The Labute approximate surface area is 88.7 Å². The van der Waals surface area contributed by atoms with Crippen molar-refractivity contribution in [3.8, 4) is 5.75 Å². The number of benzene rings is 2. The van der Waals surface area contributed by atoms with Gasteiger partial charge in [-0.2, -0.15) is 0 Å². The summed E-state index contributed by atoms with van der Waals surface area (Å²) < 4.78 is 5.38. The Kier molecular flexibility index (Phi) is 2.79. The van der Waals surface area contributed by atoms with E-state index >= 15 is 0 Å². The minimum atomic E-state index is 0.168. The summed E-state index contributed by atoms with van der Waals surface area (Å²) in [7, 11) is 0. The maximum Gasteiger partial charge on any atom is 0.219 e. The second-order valence-electron chi connectivity index (χ2n) is 3.11. The van der Waals surface area contributed by atoms with E-state index in [9.17, 15) is 0 Å². The van der Waals surface area contributed by atoms with Gasteiger partial charge in [0.2, 0.25) is 5.90 Å². The molecule has 0 saturated heterocycles. The average Bonchev–Trinajstić information content (AvgIpc) is 2.31. The van der Waals surface area contributed by atoms with Gasteiger partial charge in [0.25, 0.3) is 0 Å². The SMILES string of the molecule is N=C(Oc1ccccc1)c1ccccc1. The van der Waals surface area contributed by atoms with Crippen molar-refractivity contribution in [2.45, 2.75) is 0 Å². The molecular weight excluding hydrogens is 186 g/mol. The Balaban J connectivity index is 2.12. The summed E-state index contributed by atoms with van der Waals surface area (Å²) in [6.07, 6.45) is 0. The molecule has 0 aliphatic carbocycles. The minimum absolute atomic E-state index is 0.168. The number of hydrogen-bond acceptors (Lipinski definition) is 2. The number of para-hydroxylation sites is 1. The van der Waals surface area contributed by atoms with Crippen LogP contribution < -0.4 is 4.74 Å². The molecule has 2 aromatic carbocycles. The minimum Gasteiger partial charge on any atom is -0.439 e. The van der Waals surface area contributed by atoms with Crippen molar-refractivity contribution in [3.63, 3.8) is 0 Å². The lowest BCUT2D eigenvalue weighted by atomic mass is 10.2. The van der Waals surface area contributed by atoms with E-state index < -0.39 is 0 Å². The Morgan fingerprint density at radius 1 is 0.800 bits per heavy atom. The summed E-state index contributed by atoms with van der Waals surface area (Å²) in [5, 5.41) is 7.74. The predicted molar refractivity (Wildman–Crippen MR) is 60.3 cm³/mol. The van der Waals surface area contributed by atoms with E-state index in [0.29, 0.717) is 5.75 Å². The molecule has 2 heteroatoms. The molecule has 74 valence electrons. The summed E-state index contributed by atoms with van der Waals surface area (Å²) in [6.45, 7) is 0. The van der Waals surface area contributed by atoms with Crippen LogP contribution in [0.4, 0.5) is 0 Å². The van der Waals surface area contributed by atoms with E-state index in [1.54, 1.807) is 0 Å². The second-order valence-corrected chi connectivity index (χ2v) is 3.11. The lowest BCUT2D eigenvalue weighted by Gasteiger charge is -2.05. The fraction of sp³-hybridized carbons (Fsp3) is 0. The zero-order valence-electron chi connectivity index (χ0n) is 8.18. The van der Waals surface area contributed by atoms with Crippen molar-refractivity contribution in [2.24, 2.45) is 0 Å². The summed E-state index contributed by atoms with van der Waals surface area (Å²) >= 11 is 0. The first-order valence-corrected chi connectivity index (χ1v) is 4.73. The van der Waals surface area contributed by atoms with Crippen molar-refractivity contribution in [2.75, 3.05) is 0 Å². The van der Waals surface area contributed by atoms with Crippen LogP contribution in [-0.4, -0.2) is 5.90 Å². The molecule has 0 aromatic heterocycles. The molecule has 0 bridgehead atoms. The van der Waals surface area contributed by atoms with Crippen LogP contribution >= 0.6 is 0 Å². The van der Waals surface area contributed by atoms with E-state index in [0.717, 1.165) is 5.56 Å². The lowest BCUT2D eigenvalue weighted by Crippen LogP contribution is -2.07. The van der Waals surface area contributed by atoms with Gasteiger partial charge in [0, 0.05) is 5.56 Å². The van der Waals surface area contributed by atoms with Crippen LogP contribution in [0, 0.1) is 5.41 Å². The Hall–Kier alpha value is -2.09. The number of ether oxygens (including phenoxy) is 1. The van der Waals surface area contributed by atoms with Gasteiger partial charge in [-0.25, -0.2) is 0 Å². The van der Waals surface area contributed by atoms with Gasteiger partial charge in [-0.3, -0.25) is 5.41 Å². The van der Waals surface area contributed by atoms with Crippen molar-refractivity contribution < 1.29 is 4.74 Å². The summed E-state index contributed by atoms with van der Waals surface area (Å²) in [5.41, 5.74) is 0.779. The Morgan fingerprint density at radius 3 is 1.93 bits per heavy atom. The number of rotatable bonds is 2. The van der Waals surface area contributed by atoms with Crippen LogP contribution in [0.2, 0.25) is 0 Å². The molecule has 0 radical (unpaired) electrons. The third-order valence-electron chi connectivity index (χ3n) is 2.00. The zero-order chi connectivity index (χ0) is 10.5. The van der Waals surface area contributed by atoms with Gasteiger partial charge in [-0.1, -0.05) is 36.4 Å². The van der Waals surface area contributed by atoms with Gasteiger partial charge < -0.3 is 4.74 Å². The topological polar surface area (TPSA) is 33.1 Å². The zero-order valence-corrected chi connectivity index (χ0v) is 8.18. The molecule has 0 fully saturated rings. The molecule has 0 aliphatic rings. The van der Waals surface area contributed by atoms with Gasteiger partial charge in [-0.15, -0.1) is 0 Å². The second kappa shape index (κ2) is 4.42. The quantitative estimate of drug-likeness (QED) is 0.582. The molecule has 15 heavy (non-hydrogen) atoms. The number of nitrogens with one attached hydrogen (secondary N) is 1. The largest absolute Gasteiger partial charge is 0.439 e. The molecule has 2 nitrogen and oxygen atoms in total. The standard InChI is InChI=1S/C13H11NO/c14-13(11-7-3-1-4-8-11)15-12-9-5-2-6-10-12/h1-10,14H. The van der Waals surface area contributed by atoms with Crippen LogP contribution in [0.1, 0.15) is 5.56 Å². The molecule has 1 N–H and O–H groups in total. The van der Waals surface area contributed by atoms with Gasteiger partial charge in [0.05, 0.1) is 0 Å². The van der Waals surface area contributed by atoms with E-state index in [1.165, 1.54) is 0 Å². The van der Waals surface area contributed by atoms with Crippen LogP contribution in [0.5, 0.6) is 5.75 Å². The molecule has 0 aliphatic heterocycles. The summed E-state index contributed by atoms with van der Waals surface area (Å²) in [4.78, 5) is 0. The van der Waals surface area contributed by atoms with Gasteiger partial charge in [-0.05, 0) is 24.3 Å². The smallest absolute Gasteiger partial charge is 0.219 e. The first-order chi connectivity index (χ1) is 7.36. The fourth-order valence-corrected chi connectivity index (χ4v) is 1.25. The molecule has 0 heterocycles. The molecule has 2 rings (SSSR count). The van der Waals surface area contributed by atoms with E-state index in [-0.39, 0.29) is 5.90 Å². The highest BCUT2D eigenvalue weighted by Crippen LogP contribution is 2.11. The van der Waals surface area contributed by atoms with Crippen LogP contribution in [0.15, 0.2) is 60.7 Å². The van der Waals surface area contributed by atoms with Crippen molar-refractivity contribution >= 4 is 5.90 Å². The maximum absolute atomic E-state index is 7.74. The molecule has 0 unspecified atom stereocenters. The molecular formula is C13H11NO. The van der Waals surface area contributed by atoms with E-state index in [2.05, 4.69) is 0 Å². The number of hydrogen-bond donors (Lipinski definition) is 1. The normalized spacial score (nSPS) is 9.60. The molecule has 0 amide bonds. The first-order valence-electron chi connectivity index (χ1n) is 4.73. The van der Waals surface area contributed by atoms with Crippen LogP contribution in [0.25, 0.3) is 0 Å². The third-order valence-corrected chi connectivity index (χ3v) is 2.00. The van der Waals surface area contributed by atoms with Gasteiger partial charge in [0.15, 0.2) is 0 Å². The Bertz CT molecular complexity index is 437. The highest BCUT2D eigenvalue weighted by atomic mass is 16.5. The summed E-state index contributed by atoms with van der Waals surface area (Å²) in [5.74, 6) is 0.855. The predicted octanol–water partition coefficient (Wildman–Crippen LogP) is 3.09. The molecule has 0 atom stereocenters. The molecule has 0 saturated carbocycles. The molecule has 2 aromatic rings. The summed E-state index contributed by atoms with van der Waals surface area (Å²) in [6, 6.07) is 18.7. The highest BCUT2D eigenvalue weighted by Gasteiger charge is 2.01. The van der Waals surface area contributed by atoms with Crippen molar-refractivity contribution in [1.29, 1.82) is 5.41 Å². The van der Waals surface area contributed by atoms with Crippen molar-refractivity contribution in [1.82, 2.24) is 0 Å². The third kappa shape index (κ3) is 2.44. The average molecular weight is 197 g/mol. The molecule has 0 spiro atoms. The fourth-order valence-electron chi connectivity index (χ4n) is 1.25. The highest BCUT2D eigenvalue weighted by molar-refractivity contribution is 5.93. The monoisotopic (exact) mass is 197 g/mol. The van der Waals surface area contributed by atoms with Crippen LogP contribution in [0.3, 0.4) is 0 Å². The maximum atomic E-state index is 7.74. The van der Waals surface area contributed by atoms with Gasteiger partial charge in [0.1, 0.15) is 5.75 Å². The van der Waals surface area contributed by atoms with Crippen molar-refractivity contribution in [3.05, 3.63) is 66.2 Å². The van der Waals surface area contributed by atoms with Crippen LogP contribution in [-0.2, 0) is 0 Å². The lowest BCUT2D eigenvalue weighted by molar-refractivity contribution is 0.548. The first kappa shape index (κ1) is 9.46. The Morgan fingerprint density at radius 2 is 1.33 bits per heavy atom. The van der Waals surface area contributed by atoms with E-state index in [4.69, 9.17) is 10.1 Å². The van der Waals surface area contributed by atoms with Gasteiger partial charge >= 0.3 is 0 Å². The van der Waals surface area contributed by atoms with E-state index in [1.807, 2.05) is 60.7 Å².